The van der Waals surface area contributed by atoms with Crippen LogP contribution in [0.2, 0.25) is 0 Å². The van der Waals surface area contributed by atoms with Crippen LogP contribution in [0.4, 0.5) is 13.2 Å². The lowest BCUT2D eigenvalue weighted by atomic mass is 10.0. The Morgan fingerprint density at radius 1 is 1.50 bits per heavy atom. The van der Waals surface area contributed by atoms with Crippen LogP contribution < -0.4 is 5.32 Å². The van der Waals surface area contributed by atoms with Crippen LogP contribution in [0.1, 0.15) is 29.3 Å². The molecule has 1 nitrogen and oxygen atoms in total. The zero-order valence-corrected chi connectivity index (χ0v) is 11.4. The standard InChI is InChI=1S/C10H13BrF3NS/c1-6-7(5-9(11)16-6)8(15-2)3-4-10(12,13)14/h5,8,15H,3-4H2,1-2H3. The molecule has 0 fully saturated rings. The van der Waals surface area contributed by atoms with Gasteiger partial charge in [-0.25, -0.2) is 0 Å². The summed E-state index contributed by atoms with van der Waals surface area (Å²) < 4.78 is 37.4. The number of rotatable bonds is 4. The van der Waals surface area contributed by atoms with Crippen LogP contribution in [0.3, 0.4) is 0 Å². The first-order valence-electron chi connectivity index (χ1n) is 4.83. The predicted octanol–water partition coefficient (Wildman–Crippen LogP) is 4.42. The van der Waals surface area contributed by atoms with Crippen molar-refractivity contribution in [2.24, 2.45) is 0 Å². The van der Waals surface area contributed by atoms with E-state index in [-0.39, 0.29) is 12.5 Å². The molecule has 0 aromatic carbocycles. The number of halogens is 4. The zero-order valence-electron chi connectivity index (χ0n) is 8.99. The fourth-order valence-electron chi connectivity index (χ4n) is 1.57. The zero-order chi connectivity index (χ0) is 12.3. The largest absolute Gasteiger partial charge is 0.389 e. The molecule has 1 N–H and O–H groups in total. The summed E-state index contributed by atoms with van der Waals surface area (Å²) in [6, 6.07) is 1.65. The second-order valence-corrected chi connectivity index (χ2v) is 6.19. The molecule has 1 atom stereocenters. The summed E-state index contributed by atoms with van der Waals surface area (Å²) in [5.74, 6) is 0. The van der Waals surface area contributed by atoms with Crippen LogP contribution in [0, 0.1) is 6.92 Å². The van der Waals surface area contributed by atoms with Gasteiger partial charge in [0.25, 0.3) is 0 Å². The first-order valence-corrected chi connectivity index (χ1v) is 6.44. The topological polar surface area (TPSA) is 12.0 Å². The molecule has 0 amide bonds. The molecule has 0 saturated carbocycles. The van der Waals surface area contributed by atoms with Gasteiger partial charge in [0.15, 0.2) is 0 Å². The van der Waals surface area contributed by atoms with E-state index in [0.29, 0.717) is 0 Å². The van der Waals surface area contributed by atoms with Crippen molar-refractivity contribution in [2.75, 3.05) is 7.05 Å². The highest BCUT2D eigenvalue weighted by Crippen LogP contribution is 2.34. The smallest absolute Gasteiger partial charge is 0.313 e. The van der Waals surface area contributed by atoms with E-state index in [1.165, 1.54) is 0 Å². The van der Waals surface area contributed by atoms with Gasteiger partial charge in [-0.3, -0.25) is 0 Å². The number of hydrogen-bond donors (Lipinski definition) is 1. The lowest BCUT2D eigenvalue weighted by Crippen LogP contribution is -2.19. The SMILES string of the molecule is CNC(CCC(F)(F)F)c1cc(Br)sc1C. The van der Waals surface area contributed by atoms with Crippen LogP contribution in [0.25, 0.3) is 0 Å². The summed E-state index contributed by atoms with van der Waals surface area (Å²) in [6.45, 7) is 1.92. The van der Waals surface area contributed by atoms with Crippen molar-refractivity contribution in [3.8, 4) is 0 Å². The van der Waals surface area contributed by atoms with Crippen molar-refractivity contribution < 1.29 is 13.2 Å². The quantitative estimate of drug-likeness (QED) is 0.867. The molecule has 6 heteroatoms. The van der Waals surface area contributed by atoms with Gasteiger partial charge < -0.3 is 5.32 Å². The molecule has 0 radical (unpaired) electrons. The van der Waals surface area contributed by atoms with Crippen molar-refractivity contribution in [3.05, 3.63) is 20.3 Å². The summed E-state index contributed by atoms with van der Waals surface area (Å²) in [4.78, 5) is 1.05. The Bertz CT molecular complexity index is 348. The van der Waals surface area contributed by atoms with E-state index in [1.807, 2.05) is 13.0 Å². The minimum Gasteiger partial charge on any atom is -0.313 e. The van der Waals surface area contributed by atoms with E-state index in [4.69, 9.17) is 0 Å². The van der Waals surface area contributed by atoms with Gasteiger partial charge in [-0.1, -0.05) is 0 Å². The molecule has 92 valence electrons. The van der Waals surface area contributed by atoms with Gasteiger partial charge in [-0.2, -0.15) is 13.2 Å². The van der Waals surface area contributed by atoms with Crippen LogP contribution >= 0.6 is 27.3 Å². The molecule has 1 heterocycles. The molecule has 1 aromatic rings. The Balaban J connectivity index is 2.71. The second-order valence-electron chi connectivity index (χ2n) is 3.56. The van der Waals surface area contributed by atoms with Crippen molar-refractivity contribution >= 4 is 27.3 Å². The number of aryl methyl sites for hydroxylation is 1. The lowest BCUT2D eigenvalue weighted by molar-refractivity contribution is -0.136. The maximum atomic E-state index is 12.1. The number of hydrogen-bond acceptors (Lipinski definition) is 2. The van der Waals surface area contributed by atoms with Crippen molar-refractivity contribution in [1.29, 1.82) is 0 Å². The second kappa shape index (κ2) is 5.51. The van der Waals surface area contributed by atoms with Crippen molar-refractivity contribution in [1.82, 2.24) is 5.32 Å². The van der Waals surface area contributed by atoms with E-state index >= 15 is 0 Å². The summed E-state index contributed by atoms with van der Waals surface area (Å²) in [7, 11) is 1.69. The minimum absolute atomic E-state index is 0.0734. The van der Waals surface area contributed by atoms with E-state index in [0.717, 1.165) is 14.2 Å². The minimum atomic E-state index is -4.09. The molecule has 0 saturated heterocycles. The Labute approximate surface area is 105 Å². The molecule has 0 aliphatic heterocycles. The summed E-state index contributed by atoms with van der Waals surface area (Å²) in [5.41, 5.74) is 0.948. The molecular formula is C10H13BrF3NS. The van der Waals surface area contributed by atoms with Gasteiger partial charge in [-0.15, -0.1) is 11.3 Å². The normalized spacial score (nSPS) is 14.1. The van der Waals surface area contributed by atoms with Crippen molar-refractivity contribution in [3.63, 3.8) is 0 Å². The number of alkyl halides is 3. The van der Waals surface area contributed by atoms with Gasteiger partial charge >= 0.3 is 6.18 Å². The van der Waals surface area contributed by atoms with Crippen LogP contribution in [-0.2, 0) is 0 Å². The molecule has 16 heavy (non-hydrogen) atoms. The third kappa shape index (κ3) is 4.07. The van der Waals surface area contributed by atoms with Gasteiger partial charge in [0.2, 0.25) is 0 Å². The maximum Gasteiger partial charge on any atom is 0.389 e. The van der Waals surface area contributed by atoms with Crippen LogP contribution in [-0.4, -0.2) is 13.2 Å². The highest BCUT2D eigenvalue weighted by atomic mass is 79.9. The van der Waals surface area contributed by atoms with Gasteiger partial charge in [0.05, 0.1) is 3.79 Å². The average Bonchev–Trinajstić information content (AvgIpc) is 2.45. The van der Waals surface area contributed by atoms with E-state index in [9.17, 15) is 13.2 Å². The highest BCUT2D eigenvalue weighted by molar-refractivity contribution is 9.11. The van der Waals surface area contributed by atoms with Crippen molar-refractivity contribution in [2.45, 2.75) is 32.0 Å². The third-order valence-corrected chi connectivity index (χ3v) is 3.94. The first kappa shape index (κ1) is 14.0. The first-order chi connectivity index (χ1) is 7.33. The third-order valence-electron chi connectivity index (χ3n) is 2.37. The van der Waals surface area contributed by atoms with Crippen LogP contribution in [0.5, 0.6) is 0 Å². The lowest BCUT2D eigenvalue weighted by Gasteiger charge is -2.17. The Kier molecular flexibility index (Phi) is 4.82. The monoisotopic (exact) mass is 315 g/mol. The maximum absolute atomic E-state index is 12.1. The number of nitrogens with one attached hydrogen (secondary N) is 1. The molecule has 0 aliphatic carbocycles. The molecule has 0 aliphatic rings. The van der Waals surface area contributed by atoms with E-state index in [1.54, 1.807) is 18.4 Å². The highest BCUT2D eigenvalue weighted by Gasteiger charge is 2.29. The van der Waals surface area contributed by atoms with Crippen LogP contribution in [0.15, 0.2) is 9.85 Å². The summed E-state index contributed by atoms with van der Waals surface area (Å²) >= 11 is 4.88. The fourth-order valence-corrected chi connectivity index (χ4v) is 3.34. The van der Waals surface area contributed by atoms with Gasteiger partial charge in [0, 0.05) is 17.3 Å². The number of thiophene rings is 1. The van der Waals surface area contributed by atoms with Gasteiger partial charge in [0.1, 0.15) is 0 Å². The Morgan fingerprint density at radius 3 is 2.50 bits per heavy atom. The molecule has 1 unspecified atom stereocenters. The Hall–Kier alpha value is -0.0700. The molecule has 1 rings (SSSR count). The molecular weight excluding hydrogens is 303 g/mol. The Morgan fingerprint density at radius 2 is 2.12 bits per heavy atom. The molecule has 0 bridgehead atoms. The fraction of sp³-hybridized carbons (Fsp3) is 0.600. The summed E-state index contributed by atoms with van der Waals surface area (Å²) in [6.07, 6.45) is -4.77. The predicted molar refractivity (Wildman–Crippen MR) is 63.8 cm³/mol. The van der Waals surface area contributed by atoms with E-state index < -0.39 is 12.6 Å². The summed E-state index contributed by atoms with van der Waals surface area (Å²) in [5, 5.41) is 2.93. The van der Waals surface area contributed by atoms with Gasteiger partial charge in [-0.05, 0) is 48.0 Å². The molecule has 1 aromatic heterocycles. The average molecular weight is 316 g/mol. The molecule has 0 spiro atoms. The van der Waals surface area contributed by atoms with E-state index in [2.05, 4.69) is 21.2 Å².